The molecule has 3 heteroatoms. The fraction of sp³-hybridized carbons (Fsp3) is 0.615. The van der Waals surface area contributed by atoms with Gasteiger partial charge < -0.3 is 0 Å². The van der Waals surface area contributed by atoms with Gasteiger partial charge in [0.1, 0.15) is 0 Å². The second-order valence-electron chi connectivity index (χ2n) is 5.03. The second kappa shape index (κ2) is 3.95. The van der Waals surface area contributed by atoms with Gasteiger partial charge in [0.2, 0.25) is 0 Å². The number of aromatic nitrogens is 2. The number of fused-ring (bicyclic) bond motifs is 1. The monoisotopic (exact) mass is 217 g/mol. The van der Waals surface area contributed by atoms with Crippen LogP contribution in [0.15, 0.2) is 6.20 Å². The molecule has 0 saturated heterocycles. The number of nitrogens with one attached hydrogen (secondary N) is 1. The van der Waals surface area contributed by atoms with Crippen molar-refractivity contribution in [1.82, 2.24) is 15.1 Å². The van der Waals surface area contributed by atoms with E-state index in [2.05, 4.69) is 16.3 Å². The second-order valence-corrected chi connectivity index (χ2v) is 5.03. The molecule has 0 fully saturated rings. The smallest absolute Gasteiger partial charge is 0.0746 e. The summed E-state index contributed by atoms with van der Waals surface area (Å²) in [6, 6.07) is 0.350. The summed E-state index contributed by atoms with van der Waals surface area (Å²) in [4.78, 5) is 0. The molecule has 1 heterocycles. The lowest BCUT2D eigenvalue weighted by atomic mass is 9.91. The molecule has 0 spiro atoms. The molecule has 0 amide bonds. The van der Waals surface area contributed by atoms with Crippen LogP contribution in [-0.2, 0) is 13.5 Å². The number of hydrogen-bond acceptors (Lipinski definition) is 2. The number of aryl methyl sites for hydroxylation is 1. The van der Waals surface area contributed by atoms with E-state index in [0.717, 1.165) is 12.8 Å². The molecule has 1 aliphatic carbocycles. The van der Waals surface area contributed by atoms with E-state index in [1.807, 2.05) is 31.8 Å². The fourth-order valence-electron chi connectivity index (χ4n) is 2.33. The van der Waals surface area contributed by atoms with Gasteiger partial charge in [-0.25, -0.2) is 0 Å². The van der Waals surface area contributed by atoms with Gasteiger partial charge in [-0.1, -0.05) is 5.92 Å². The Kier molecular flexibility index (Phi) is 2.77. The first-order valence-electron chi connectivity index (χ1n) is 5.80. The highest BCUT2D eigenvalue weighted by atomic mass is 15.3. The average molecular weight is 217 g/mol. The fourth-order valence-corrected chi connectivity index (χ4v) is 2.33. The minimum atomic E-state index is -0.255. The van der Waals surface area contributed by atoms with E-state index >= 15 is 0 Å². The molecule has 0 aliphatic heterocycles. The zero-order valence-electron chi connectivity index (χ0n) is 10.2. The maximum atomic E-state index is 5.52. The maximum Gasteiger partial charge on any atom is 0.0746 e. The largest absolute Gasteiger partial charge is 0.295 e. The third-order valence-electron chi connectivity index (χ3n) is 3.27. The van der Waals surface area contributed by atoms with E-state index in [4.69, 9.17) is 6.42 Å². The minimum absolute atomic E-state index is 0.255. The van der Waals surface area contributed by atoms with Crippen LogP contribution < -0.4 is 5.32 Å². The van der Waals surface area contributed by atoms with Crippen molar-refractivity contribution >= 4 is 0 Å². The Hall–Kier alpha value is -1.27. The highest BCUT2D eigenvalue weighted by Gasteiger charge is 2.27. The molecule has 1 N–H and O–H groups in total. The molecular formula is C13H19N3. The molecule has 86 valence electrons. The number of terminal acetylenes is 1. The van der Waals surface area contributed by atoms with Gasteiger partial charge >= 0.3 is 0 Å². The molecule has 0 aromatic carbocycles. The molecule has 1 aromatic heterocycles. The Morgan fingerprint density at radius 2 is 2.38 bits per heavy atom. The highest BCUT2D eigenvalue weighted by molar-refractivity contribution is 5.26. The standard InChI is InChI=1S/C13H19N3/c1-5-13(2,3)15-11-7-6-8-12-10(11)9-14-16(12)4/h1,9,11,15H,6-8H2,2-4H3. The van der Waals surface area contributed by atoms with Crippen LogP contribution in [0.25, 0.3) is 0 Å². The lowest BCUT2D eigenvalue weighted by Crippen LogP contribution is -2.41. The van der Waals surface area contributed by atoms with E-state index in [9.17, 15) is 0 Å². The molecule has 3 nitrogen and oxygen atoms in total. The van der Waals surface area contributed by atoms with Crippen LogP contribution in [0.4, 0.5) is 0 Å². The van der Waals surface area contributed by atoms with Gasteiger partial charge in [-0.3, -0.25) is 10.00 Å². The van der Waals surface area contributed by atoms with E-state index in [-0.39, 0.29) is 5.54 Å². The van der Waals surface area contributed by atoms with Crippen LogP contribution in [0.5, 0.6) is 0 Å². The lowest BCUT2D eigenvalue weighted by molar-refractivity contribution is 0.372. The first kappa shape index (κ1) is 11.2. The van der Waals surface area contributed by atoms with Gasteiger partial charge in [-0.05, 0) is 33.1 Å². The molecule has 0 bridgehead atoms. The first-order valence-corrected chi connectivity index (χ1v) is 5.80. The number of nitrogens with zero attached hydrogens (tertiary/aromatic N) is 2. The maximum absolute atomic E-state index is 5.52. The predicted octanol–water partition coefficient (Wildman–Crippen LogP) is 1.80. The molecule has 1 aliphatic rings. The normalized spacial score (nSPS) is 20.2. The quantitative estimate of drug-likeness (QED) is 0.766. The molecule has 1 atom stereocenters. The Morgan fingerprint density at radius 3 is 3.06 bits per heavy atom. The lowest BCUT2D eigenvalue weighted by Gasteiger charge is -2.30. The third kappa shape index (κ3) is 1.98. The van der Waals surface area contributed by atoms with Gasteiger partial charge in [0, 0.05) is 24.3 Å². The Labute approximate surface area is 97.2 Å². The zero-order valence-corrected chi connectivity index (χ0v) is 10.2. The average Bonchev–Trinajstić information content (AvgIpc) is 2.62. The van der Waals surface area contributed by atoms with Crippen molar-refractivity contribution in [2.24, 2.45) is 7.05 Å². The summed E-state index contributed by atoms with van der Waals surface area (Å²) >= 11 is 0. The van der Waals surface area contributed by atoms with E-state index < -0.39 is 0 Å². The topological polar surface area (TPSA) is 29.9 Å². The van der Waals surface area contributed by atoms with Gasteiger partial charge in [-0.15, -0.1) is 6.42 Å². The molecule has 0 radical (unpaired) electrons. The van der Waals surface area contributed by atoms with Crippen molar-refractivity contribution in [3.8, 4) is 12.3 Å². The molecule has 0 saturated carbocycles. The van der Waals surface area contributed by atoms with Crippen molar-refractivity contribution in [3.63, 3.8) is 0 Å². The van der Waals surface area contributed by atoms with Crippen LogP contribution in [0.3, 0.4) is 0 Å². The summed E-state index contributed by atoms with van der Waals surface area (Å²) in [5, 5.41) is 7.85. The minimum Gasteiger partial charge on any atom is -0.295 e. The summed E-state index contributed by atoms with van der Waals surface area (Å²) in [6.45, 7) is 4.08. The van der Waals surface area contributed by atoms with Crippen molar-refractivity contribution in [1.29, 1.82) is 0 Å². The molecule has 1 aromatic rings. The van der Waals surface area contributed by atoms with Crippen LogP contribution in [-0.4, -0.2) is 15.3 Å². The van der Waals surface area contributed by atoms with E-state index in [0.29, 0.717) is 6.04 Å². The highest BCUT2D eigenvalue weighted by Crippen LogP contribution is 2.30. The van der Waals surface area contributed by atoms with Crippen molar-refractivity contribution in [2.75, 3.05) is 0 Å². The first-order chi connectivity index (χ1) is 7.53. The summed E-state index contributed by atoms with van der Waals surface area (Å²) in [7, 11) is 2.01. The van der Waals surface area contributed by atoms with Crippen molar-refractivity contribution < 1.29 is 0 Å². The Bertz CT molecular complexity index is 423. The summed E-state index contributed by atoms with van der Waals surface area (Å²) in [6.07, 6.45) is 11.0. The molecule has 16 heavy (non-hydrogen) atoms. The van der Waals surface area contributed by atoms with Crippen molar-refractivity contribution in [3.05, 3.63) is 17.5 Å². The van der Waals surface area contributed by atoms with Gasteiger partial charge in [0.05, 0.1) is 11.7 Å². The Balaban J connectivity index is 2.23. The van der Waals surface area contributed by atoms with Gasteiger partial charge in [-0.2, -0.15) is 5.10 Å². The summed E-state index contributed by atoms with van der Waals surface area (Å²) in [5.74, 6) is 2.79. The van der Waals surface area contributed by atoms with Crippen LogP contribution in [0, 0.1) is 12.3 Å². The molecule has 1 unspecified atom stereocenters. The zero-order chi connectivity index (χ0) is 11.8. The third-order valence-corrected chi connectivity index (χ3v) is 3.27. The molecule has 2 rings (SSSR count). The Morgan fingerprint density at radius 1 is 1.62 bits per heavy atom. The van der Waals surface area contributed by atoms with Crippen LogP contribution in [0.2, 0.25) is 0 Å². The number of hydrogen-bond donors (Lipinski definition) is 1. The SMILES string of the molecule is C#CC(C)(C)NC1CCCc2c1cnn2C. The van der Waals surface area contributed by atoms with Crippen LogP contribution in [0.1, 0.15) is 44.0 Å². The number of rotatable bonds is 2. The van der Waals surface area contributed by atoms with E-state index in [1.165, 1.54) is 17.7 Å². The van der Waals surface area contributed by atoms with Crippen molar-refractivity contribution in [2.45, 2.75) is 44.7 Å². The molecular weight excluding hydrogens is 198 g/mol. The van der Waals surface area contributed by atoms with Gasteiger partial charge in [0.15, 0.2) is 0 Å². The van der Waals surface area contributed by atoms with Gasteiger partial charge in [0.25, 0.3) is 0 Å². The van der Waals surface area contributed by atoms with E-state index in [1.54, 1.807) is 0 Å². The predicted molar refractivity (Wildman–Crippen MR) is 64.9 cm³/mol. The van der Waals surface area contributed by atoms with Crippen LogP contribution >= 0.6 is 0 Å². The summed E-state index contributed by atoms with van der Waals surface area (Å²) < 4.78 is 1.98. The summed E-state index contributed by atoms with van der Waals surface area (Å²) in [5.41, 5.74) is 2.41.